The van der Waals surface area contributed by atoms with Crippen LogP contribution in [0.2, 0.25) is 0 Å². The molecule has 0 aliphatic heterocycles. The quantitative estimate of drug-likeness (QED) is 0.808. The van der Waals surface area contributed by atoms with E-state index in [-0.39, 0.29) is 10.6 Å². The van der Waals surface area contributed by atoms with Crippen molar-refractivity contribution in [3.8, 4) is 11.5 Å². The van der Waals surface area contributed by atoms with Crippen LogP contribution >= 0.6 is 0 Å². The summed E-state index contributed by atoms with van der Waals surface area (Å²) in [6.45, 7) is 0. The lowest BCUT2D eigenvalue weighted by Gasteiger charge is -2.08. The van der Waals surface area contributed by atoms with E-state index in [1.807, 2.05) is 0 Å². The van der Waals surface area contributed by atoms with Crippen LogP contribution in [-0.2, 0) is 10.0 Å². The Kier molecular flexibility index (Phi) is 3.17. The van der Waals surface area contributed by atoms with Crippen molar-refractivity contribution in [2.75, 3.05) is 5.73 Å². The molecule has 2 rings (SSSR count). The topological polar surface area (TPSA) is 108 Å². The minimum atomic E-state index is -3.82. The van der Waals surface area contributed by atoms with E-state index in [1.54, 1.807) is 18.3 Å². The lowest BCUT2D eigenvalue weighted by molar-refractivity contribution is 0.480. The number of nitrogens with zero attached hydrogens (tertiary/aromatic N) is 1. The first-order valence-electron chi connectivity index (χ1n) is 4.97. The average molecular weight is 265 g/mol. The zero-order valence-electron chi connectivity index (χ0n) is 9.28. The third-order valence-electron chi connectivity index (χ3n) is 2.16. The van der Waals surface area contributed by atoms with Crippen LogP contribution in [0, 0.1) is 0 Å². The standard InChI is InChI=1S/C11H11N3O3S/c12-10-6-8(3-4-11(10)18(13,15)16)17-9-2-1-5-14-7-9/h1-7H,12H2,(H2,13,15,16). The smallest absolute Gasteiger partial charge is 0.240 e. The molecule has 6 nitrogen and oxygen atoms in total. The molecular formula is C11H11N3O3S. The molecule has 0 saturated heterocycles. The SMILES string of the molecule is Nc1cc(Oc2cccnc2)ccc1S(N)(=O)=O. The van der Waals surface area contributed by atoms with Gasteiger partial charge in [-0.1, -0.05) is 0 Å². The van der Waals surface area contributed by atoms with E-state index in [2.05, 4.69) is 4.98 Å². The Morgan fingerprint density at radius 2 is 1.94 bits per heavy atom. The van der Waals surface area contributed by atoms with Crippen LogP contribution in [0.25, 0.3) is 0 Å². The van der Waals surface area contributed by atoms with E-state index in [9.17, 15) is 8.42 Å². The highest BCUT2D eigenvalue weighted by atomic mass is 32.2. The van der Waals surface area contributed by atoms with E-state index < -0.39 is 10.0 Å². The molecule has 4 N–H and O–H groups in total. The van der Waals surface area contributed by atoms with Crippen LogP contribution in [-0.4, -0.2) is 13.4 Å². The van der Waals surface area contributed by atoms with E-state index in [0.29, 0.717) is 11.5 Å². The molecule has 0 aliphatic rings. The third-order valence-corrected chi connectivity index (χ3v) is 3.14. The van der Waals surface area contributed by atoms with E-state index in [4.69, 9.17) is 15.6 Å². The number of ether oxygens (including phenoxy) is 1. The largest absolute Gasteiger partial charge is 0.456 e. The Balaban J connectivity index is 2.30. The highest BCUT2D eigenvalue weighted by Gasteiger charge is 2.12. The van der Waals surface area contributed by atoms with Crippen molar-refractivity contribution in [2.45, 2.75) is 4.90 Å². The highest BCUT2D eigenvalue weighted by Crippen LogP contribution is 2.26. The third kappa shape index (κ3) is 2.76. The van der Waals surface area contributed by atoms with Crippen LogP contribution in [0.4, 0.5) is 5.69 Å². The maximum atomic E-state index is 11.2. The molecule has 0 atom stereocenters. The Labute approximate surface area is 104 Å². The second-order valence-electron chi connectivity index (χ2n) is 3.54. The Hall–Kier alpha value is -2.12. The number of aromatic nitrogens is 1. The van der Waals surface area contributed by atoms with Crippen LogP contribution in [0.1, 0.15) is 0 Å². The number of anilines is 1. The van der Waals surface area contributed by atoms with Gasteiger partial charge in [-0.15, -0.1) is 0 Å². The summed E-state index contributed by atoms with van der Waals surface area (Å²) in [5, 5.41) is 5.00. The molecule has 7 heteroatoms. The van der Waals surface area contributed by atoms with Crippen molar-refractivity contribution in [1.82, 2.24) is 4.98 Å². The number of hydrogen-bond donors (Lipinski definition) is 2. The number of hydrogen-bond acceptors (Lipinski definition) is 5. The van der Waals surface area contributed by atoms with Gasteiger partial charge >= 0.3 is 0 Å². The average Bonchev–Trinajstić information content (AvgIpc) is 2.28. The maximum Gasteiger partial charge on any atom is 0.240 e. The normalized spacial score (nSPS) is 11.2. The van der Waals surface area contributed by atoms with Gasteiger partial charge in [0.15, 0.2) is 0 Å². The summed E-state index contributed by atoms with van der Waals surface area (Å²) in [5.74, 6) is 0.938. The molecule has 0 bridgehead atoms. The van der Waals surface area contributed by atoms with Crippen LogP contribution in [0.15, 0.2) is 47.6 Å². The first-order valence-corrected chi connectivity index (χ1v) is 6.51. The molecule has 94 valence electrons. The van der Waals surface area contributed by atoms with Gasteiger partial charge in [0.25, 0.3) is 0 Å². The summed E-state index contributed by atoms with van der Waals surface area (Å²) in [5.41, 5.74) is 5.65. The summed E-state index contributed by atoms with van der Waals surface area (Å²) in [6.07, 6.45) is 3.15. The fourth-order valence-electron chi connectivity index (χ4n) is 1.39. The molecule has 1 aromatic carbocycles. The molecular weight excluding hydrogens is 254 g/mol. The molecule has 0 spiro atoms. The molecule has 18 heavy (non-hydrogen) atoms. The highest BCUT2D eigenvalue weighted by molar-refractivity contribution is 7.89. The fourth-order valence-corrected chi connectivity index (χ4v) is 2.04. The Morgan fingerprint density at radius 1 is 1.17 bits per heavy atom. The number of rotatable bonds is 3. The van der Waals surface area contributed by atoms with Crippen LogP contribution in [0.3, 0.4) is 0 Å². The molecule has 0 amide bonds. The maximum absolute atomic E-state index is 11.2. The van der Waals surface area contributed by atoms with Gasteiger partial charge in [0, 0.05) is 12.3 Å². The number of benzene rings is 1. The summed E-state index contributed by atoms with van der Waals surface area (Å²) >= 11 is 0. The first-order chi connectivity index (χ1) is 8.47. The molecule has 0 fully saturated rings. The van der Waals surface area contributed by atoms with Gasteiger partial charge in [-0.05, 0) is 24.3 Å². The molecule has 0 aliphatic carbocycles. The number of sulfonamides is 1. The van der Waals surface area contributed by atoms with Gasteiger partial charge in [0.2, 0.25) is 10.0 Å². The molecule has 2 aromatic rings. The minimum Gasteiger partial charge on any atom is -0.456 e. The van der Waals surface area contributed by atoms with Gasteiger partial charge in [0.1, 0.15) is 16.4 Å². The number of nitrogens with two attached hydrogens (primary N) is 2. The van der Waals surface area contributed by atoms with Gasteiger partial charge in [-0.25, -0.2) is 13.6 Å². The summed E-state index contributed by atoms with van der Waals surface area (Å²) in [4.78, 5) is 3.76. The Morgan fingerprint density at radius 3 is 2.50 bits per heavy atom. The van der Waals surface area contributed by atoms with Gasteiger partial charge < -0.3 is 10.5 Å². The number of primary sulfonamides is 1. The molecule has 0 saturated carbocycles. The summed E-state index contributed by atoms with van der Waals surface area (Å²) in [7, 11) is -3.82. The minimum absolute atomic E-state index is 0.0406. The zero-order valence-corrected chi connectivity index (χ0v) is 10.1. The van der Waals surface area contributed by atoms with Crippen LogP contribution in [0.5, 0.6) is 11.5 Å². The number of nitrogen functional groups attached to an aromatic ring is 1. The second-order valence-corrected chi connectivity index (χ2v) is 5.07. The van der Waals surface area contributed by atoms with E-state index in [0.717, 1.165) is 0 Å². The van der Waals surface area contributed by atoms with E-state index in [1.165, 1.54) is 24.4 Å². The lowest BCUT2D eigenvalue weighted by atomic mass is 10.3. The molecule has 1 heterocycles. The van der Waals surface area contributed by atoms with Crippen molar-refractivity contribution in [3.05, 3.63) is 42.7 Å². The Bertz CT molecular complexity index is 656. The summed E-state index contributed by atoms with van der Waals surface area (Å²) < 4.78 is 27.8. The van der Waals surface area contributed by atoms with Crippen molar-refractivity contribution in [2.24, 2.45) is 5.14 Å². The second kappa shape index (κ2) is 4.63. The lowest BCUT2D eigenvalue weighted by Crippen LogP contribution is -2.14. The number of pyridine rings is 1. The first kappa shape index (κ1) is 12.3. The van der Waals surface area contributed by atoms with Crippen molar-refractivity contribution >= 4 is 15.7 Å². The van der Waals surface area contributed by atoms with Crippen LogP contribution < -0.4 is 15.6 Å². The van der Waals surface area contributed by atoms with Crippen molar-refractivity contribution in [1.29, 1.82) is 0 Å². The van der Waals surface area contributed by atoms with Crippen molar-refractivity contribution < 1.29 is 13.2 Å². The summed E-state index contributed by atoms with van der Waals surface area (Å²) in [6, 6.07) is 7.61. The van der Waals surface area contributed by atoms with Gasteiger partial charge in [-0.2, -0.15) is 0 Å². The monoisotopic (exact) mass is 265 g/mol. The zero-order chi connectivity index (χ0) is 13.2. The molecule has 1 aromatic heterocycles. The van der Waals surface area contributed by atoms with E-state index >= 15 is 0 Å². The predicted molar refractivity (Wildman–Crippen MR) is 66.5 cm³/mol. The van der Waals surface area contributed by atoms with Gasteiger partial charge in [-0.3, -0.25) is 4.98 Å². The predicted octanol–water partition coefficient (Wildman–Crippen LogP) is 1.10. The van der Waals surface area contributed by atoms with Crippen molar-refractivity contribution in [3.63, 3.8) is 0 Å². The van der Waals surface area contributed by atoms with Gasteiger partial charge in [0.05, 0.1) is 11.9 Å². The fraction of sp³-hybridized carbons (Fsp3) is 0. The molecule has 0 radical (unpaired) electrons. The molecule has 0 unspecified atom stereocenters.